The summed E-state index contributed by atoms with van der Waals surface area (Å²) in [7, 11) is -2.31. The average Bonchev–Trinajstić information content (AvgIpc) is 2.80. The van der Waals surface area contributed by atoms with Crippen molar-refractivity contribution in [3.63, 3.8) is 0 Å². The summed E-state index contributed by atoms with van der Waals surface area (Å²) in [6, 6.07) is 12.1. The molecule has 2 aromatic rings. The third-order valence-corrected chi connectivity index (χ3v) is 7.64. The highest BCUT2D eigenvalue weighted by atomic mass is 32.2. The molecule has 1 saturated heterocycles. The van der Waals surface area contributed by atoms with Gasteiger partial charge in [0, 0.05) is 39.1 Å². The van der Waals surface area contributed by atoms with E-state index in [1.807, 2.05) is 13.0 Å². The predicted octanol–water partition coefficient (Wildman–Crippen LogP) is 2.35. The third kappa shape index (κ3) is 6.69. The number of benzene rings is 2. The van der Waals surface area contributed by atoms with Crippen molar-refractivity contribution in [2.24, 2.45) is 0 Å². The van der Waals surface area contributed by atoms with Crippen molar-refractivity contribution in [1.82, 2.24) is 10.2 Å². The molecule has 1 amide bonds. The van der Waals surface area contributed by atoms with Gasteiger partial charge in [-0.15, -0.1) is 0 Å². The maximum absolute atomic E-state index is 13.6. The van der Waals surface area contributed by atoms with E-state index >= 15 is 0 Å². The summed E-state index contributed by atoms with van der Waals surface area (Å²) < 4.78 is 39.0. The van der Waals surface area contributed by atoms with Gasteiger partial charge in [0.1, 0.15) is 5.75 Å². The average molecular weight is 476 g/mol. The second-order valence-corrected chi connectivity index (χ2v) is 9.93. The van der Waals surface area contributed by atoms with Gasteiger partial charge < -0.3 is 14.8 Å². The van der Waals surface area contributed by atoms with Crippen LogP contribution in [-0.2, 0) is 19.6 Å². The summed E-state index contributed by atoms with van der Waals surface area (Å²) >= 11 is 0. The van der Waals surface area contributed by atoms with Crippen LogP contribution in [-0.4, -0.2) is 72.3 Å². The number of anilines is 1. The first kappa shape index (κ1) is 25.0. The minimum atomic E-state index is -3.86. The van der Waals surface area contributed by atoms with Crippen LogP contribution in [0.15, 0.2) is 47.4 Å². The number of amides is 1. The fourth-order valence-corrected chi connectivity index (χ4v) is 5.49. The Morgan fingerprint density at radius 3 is 2.45 bits per heavy atom. The van der Waals surface area contributed by atoms with Gasteiger partial charge in [0.2, 0.25) is 5.91 Å². The van der Waals surface area contributed by atoms with E-state index in [0.717, 1.165) is 25.2 Å². The summed E-state index contributed by atoms with van der Waals surface area (Å²) in [5, 5.41) is 2.90. The Kier molecular flexibility index (Phi) is 8.71. The molecule has 0 spiro atoms. The molecule has 0 aromatic heterocycles. The van der Waals surface area contributed by atoms with Crippen LogP contribution in [0.4, 0.5) is 5.69 Å². The Balaban J connectivity index is 1.72. The minimum Gasteiger partial charge on any atom is -0.497 e. The van der Waals surface area contributed by atoms with Crippen molar-refractivity contribution in [2.75, 3.05) is 57.4 Å². The van der Waals surface area contributed by atoms with E-state index in [9.17, 15) is 13.2 Å². The lowest BCUT2D eigenvalue weighted by Crippen LogP contribution is -2.42. The highest BCUT2D eigenvalue weighted by Gasteiger charge is 2.27. The van der Waals surface area contributed by atoms with E-state index in [1.165, 1.54) is 4.31 Å². The SMILES string of the molecule is COc1ccc(N(CCC(=O)NCCN2CCOCC2)S(=O)(=O)c2ccc(C)cc2C)cc1. The second-order valence-electron chi connectivity index (χ2n) is 8.10. The zero-order valence-electron chi connectivity index (χ0n) is 19.5. The zero-order chi connectivity index (χ0) is 23.8. The lowest BCUT2D eigenvalue weighted by molar-refractivity contribution is -0.120. The number of carbonyl (C=O) groups is 1. The number of morpholine rings is 1. The first-order chi connectivity index (χ1) is 15.8. The van der Waals surface area contributed by atoms with Gasteiger partial charge in [-0.3, -0.25) is 14.0 Å². The van der Waals surface area contributed by atoms with Gasteiger partial charge in [-0.05, 0) is 49.7 Å². The molecular formula is C24H33N3O5S. The van der Waals surface area contributed by atoms with Gasteiger partial charge in [-0.1, -0.05) is 17.7 Å². The van der Waals surface area contributed by atoms with Crippen LogP contribution in [0.2, 0.25) is 0 Å². The van der Waals surface area contributed by atoms with E-state index in [4.69, 9.17) is 9.47 Å². The van der Waals surface area contributed by atoms with Crippen LogP contribution >= 0.6 is 0 Å². The Hall–Kier alpha value is -2.62. The Morgan fingerprint density at radius 2 is 1.82 bits per heavy atom. The molecule has 1 fully saturated rings. The molecule has 0 atom stereocenters. The molecule has 1 N–H and O–H groups in total. The van der Waals surface area contributed by atoms with Crippen molar-refractivity contribution in [3.05, 3.63) is 53.6 Å². The molecule has 1 heterocycles. The summed E-state index contributed by atoms with van der Waals surface area (Å²) in [4.78, 5) is 15.0. The van der Waals surface area contributed by atoms with E-state index in [2.05, 4.69) is 10.2 Å². The number of hydrogen-bond acceptors (Lipinski definition) is 6. The highest BCUT2D eigenvalue weighted by molar-refractivity contribution is 7.92. The van der Waals surface area contributed by atoms with Gasteiger partial charge in [0.05, 0.1) is 30.9 Å². The van der Waals surface area contributed by atoms with E-state index in [-0.39, 0.29) is 23.8 Å². The fraction of sp³-hybridized carbons (Fsp3) is 0.458. The number of methoxy groups -OCH3 is 1. The summed E-state index contributed by atoms with van der Waals surface area (Å²) in [6.07, 6.45) is 0.0548. The van der Waals surface area contributed by atoms with E-state index in [1.54, 1.807) is 50.4 Å². The van der Waals surface area contributed by atoms with Gasteiger partial charge in [-0.25, -0.2) is 8.42 Å². The normalized spacial score (nSPS) is 14.6. The Morgan fingerprint density at radius 1 is 1.12 bits per heavy atom. The molecule has 0 aliphatic carbocycles. The number of ether oxygens (including phenoxy) is 2. The van der Waals surface area contributed by atoms with Crippen LogP contribution in [0.3, 0.4) is 0 Å². The van der Waals surface area contributed by atoms with Crippen molar-refractivity contribution >= 4 is 21.6 Å². The monoisotopic (exact) mass is 475 g/mol. The molecule has 33 heavy (non-hydrogen) atoms. The summed E-state index contributed by atoms with van der Waals surface area (Å²) in [6.45, 7) is 8.14. The maximum Gasteiger partial charge on any atom is 0.264 e. The standard InChI is InChI=1S/C24H33N3O5S/c1-19-4-9-23(20(2)18-19)33(29,30)27(21-5-7-22(31-3)8-6-21)12-10-24(28)25-11-13-26-14-16-32-17-15-26/h4-9,18H,10-17H2,1-3H3,(H,25,28). The van der Waals surface area contributed by atoms with Gasteiger partial charge in [-0.2, -0.15) is 0 Å². The zero-order valence-corrected chi connectivity index (χ0v) is 20.4. The van der Waals surface area contributed by atoms with E-state index < -0.39 is 10.0 Å². The van der Waals surface area contributed by atoms with Gasteiger partial charge in [0.15, 0.2) is 0 Å². The number of nitrogens with zero attached hydrogens (tertiary/aromatic N) is 2. The highest BCUT2D eigenvalue weighted by Crippen LogP contribution is 2.28. The predicted molar refractivity (Wildman–Crippen MR) is 128 cm³/mol. The van der Waals surface area contributed by atoms with Crippen LogP contribution < -0.4 is 14.4 Å². The Bertz CT molecular complexity index is 1030. The number of hydrogen-bond donors (Lipinski definition) is 1. The van der Waals surface area contributed by atoms with Crippen LogP contribution in [0.1, 0.15) is 17.5 Å². The molecule has 0 radical (unpaired) electrons. The quantitative estimate of drug-likeness (QED) is 0.568. The molecular weight excluding hydrogens is 442 g/mol. The number of sulfonamides is 1. The molecule has 2 aromatic carbocycles. The van der Waals surface area contributed by atoms with Crippen molar-refractivity contribution in [1.29, 1.82) is 0 Å². The lowest BCUT2D eigenvalue weighted by atomic mass is 10.2. The molecule has 180 valence electrons. The first-order valence-electron chi connectivity index (χ1n) is 11.1. The molecule has 0 unspecified atom stereocenters. The van der Waals surface area contributed by atoms with Crippen LogP contribution in [0, 0.1) is 13.8 Å². The molecule has 3 rings (SSSR count). The molecule has 9 heteroatoms. The van der Waals surface area contributed by atoms with Gasteiger partial charge >= 0.3 is 0 Å². The van der Waals surface area contributed by atoms with Crippen LogP contribution in [0.5, 0.6) is 5.75 Å². The third-order valence-electron chi connectivity index (χ3n) is 5.65. The summed E-state index contributed by atoms with van der Waals surface area (Å²) in [5.41, 5.74) is 2.14. The smallest absolute Gasteiger partial charge is 0.264 e. The molecule has 1 aliphatic heterocycles. The second kappa shape index (κ2) is 11.5. The summed E-state index contributed by atoms with van der Waals surface area (Å²) in [5.74, 6) is 0.445. The topological polar surface area (TPSA) is 88.2 Å². The first-order valence-corrected chi connectivity index (χ1v) is 12.6. The van der Waals surface area contributed by atoms with E-state index in [0.29, 0.717) is 36.8 Å². The lowest BCUT2D eigenvalue weighted by Gasteiger charge is -2.27. The minimum absolute atomic E-state index is 0.0331. The number of carbonyl (C=O) groups excluding carboxylic acids is 1. The number of rotatable bonds is 10. The fourth-order valence-electron chi connectivity index (χ4n) is 3.81. The number of aryl methyl sites for hydroxylation is 2. The van der Waals surface area contributed by atoms with Crippen LogP contribution in [0.25, 0.3) is 0 Å². The maximum atomic E-state index is 13.6. The molecule has 0 saturated carbocycles. The Labute approximate surface area is 196 Å². The van der Waals surface area contributed by atoms with Gasteiger partial charge in [0.25, 0.3) is 10.0 Å². The van der Waals surface area contributed by atoms with Crippen molar-refractivity contribution in [2.45, 2.75) is 25.2 Å². The molecule has 0 bridgehead atoms. The largest absolute Gasteiger partial charge is 0.497 e. The molecule has 8 nitrogen and oxygen atoms in total. The van der Waals surface area contributed by atoms with Crippen molar-refractivity contribution in [3.8, 4) is 5.75 Å². The number of nitrogens with one attached hydrogen (secondary N) is 1. The molecule has 1 aliphatic rings. The van der Waals surface area contributed by atoms with Crippen molar-refractivity contribution < 1.29 is 22.7 Å².